The number of carbonyl (C=O) groups excluding carboxylic acids is 2. The average Bonchev–Trinajstić information content (AvgIpc) is 3.13. The number of hydrogen-bond acceptors (Lipinski definition) is 8. The molecule has 0 saturated carbocycles. The van der Waals surface area contributed by atoms with Crippen molar-refractivity contribution in [3.63, 3.8) is 0 Å². The summed E-state index contributed by atoms with van der Waals surface area (Å²) in [4.78, 5) is 25.2. The largest absolute Gasteiger partial charge is 0.595 e. The van der Waals surface area contributed by atoms with Crippen LogP contribution in [0.1, 0.15) is 26.3 Å². The Morgan fingerprint density at radius 3 is 2.39 bits per heavy atom. The Morgan fingerprint density at radius 2 is 1.73 bits per heavy atom. The molecule has 1 aliphatic heterocycles. The zero-order valence-corrected chi connectivity index (χ0v) is 17.7. The number of ketones is 1. The Balaban J connectivity index is 1.54. The highest BCUT2D eigenvalue weighted by Crippen LogP contribution is 2.36. The van der Waals surface area contributed by atoms with Gasteiger partial charge in [-0.15, -0.1) is 0 Å². The molecule has 0 bridgehead atoms. The predicted molar refractivity (Wildman–Crippen MR) is 116 cm³/mol. The van der Waals surface area contributed by atoms with Gasteiger partial charge in [-0.25, -0.2) is 10.0 Å². The normalized spacial score (nSPS) is 14.4. The molecule has 33 heavy (non-hydrogen) atoms. The van der Waals surface area contributed by atoms with Crippen molar-refractivity contribution < 1.29 is 39.0 Å². The smallest absolute Gasteiger partial charge is 0.343 e. The van der Waals surface area contributed by atoms with Crippen LogP contribution < -0.4 is 24.2 Å². The van der Waals surface area contributed by atoms with E-state index in [1.165, 1.54) is 56.7 Å². The third kappa shape index (κ3) is 4.55. The van der Waals surface area contributed by atoms with Crippen LogP contribution in [0.4, 0.5) is 5.69 Å². The Labute approximate surface area is 188 Å². The first-order chi connectivity index (χ1) is 15.9. The molecule has 1 atom stereocenters. The van der Waals surface area contributed by atoms with Crippen LogP contribution >= 0.6 is 0 Å². The van der Waals surface area contributed by atoms with Gasteiger partial charge < -0.3 is 24.2 Å². The summed E-state index contributed by atoms with van der Waals surface area (Å²) in [5, 5.41) is 18.8. The minimum absolute atomic E-state index is 0.0583. The molecule has 0 aliphatic carbocycles. The van der Waals surface area contributed by atoms with Crippen molar-refractivity contribution in [3.05, 3.63) is 88.3 Å². The standard InChI is InChI=1S/C24H19NO8/c1-30-17-8-10-20(31-2)15(11-17)12-22-23(26)19-9-7-18(13-21(19)33-22)32-24(27)14-3-5-16(6-4-14)25(28)29/h3-13,25,28H,1-2H3. The van der Waals surface area contributed by atoms with Gasteiger partial charge in [0.05, 0.1) is 25.3 Å². The van der Waals surface area contributed by atoms with Crippen molar-refractivity contribution in [2.24, 2.45) is 0 Å². The first kappa shape index (κ1) is 22.0. The van der Waals surface area contributed by atoms with E-state index in [1.807, 2.05) is 0 Å². The summed E-state index contributed by atoms with van der Waals surface area (Å²) in [6.45, 7) is 0. The number of ether oxygens (including phenoxy) is 4. The van der Waals surface area contributed by atoms with Crippen LogP contribution in [0, 0.1) is 5.21 Å². The summed E-state index contributed by atoms with van der Waals surface area (Å²) in [7, 11) is 3.06. The molecule has 168 valence electrons. The van der Waals surface area contributed by atoms with Crippen molar-refractivity contribution in [1.82, 2.24) is 0 Å². The van der Waals surface area contributed by atoms with Crippen LogP contribution in [0.15, 0.2) is 66.4 Å². The summed E-state index contributed by atoms with van der Waals surface area (Å²) in [5.41, 5.74) is 1.17. The highest BCUT2D eigenvalue weighted by Gasteiger charge is 2.28. The van der Waals surface area contributed by atoms with Crippen molar-refractivity contribution in [2.75, 3.05) is 14.2 Å². The molecule has 1 aliphatic rings. The minimum Gasteiger partial charge on any atom is -0.595 e. The maximum absolute atomic E-state index is 12.8. The molecule has 0 amide bonds. The second-order valence-electron chi connectivity index (χ2n) is 6.98. The van der Waals surface area contributed by atoms with Crippen LogP contribution in [0.25, 0.3) is 6.08 Å². The molecule has 0 fully saturated rings. The number of quaternary nitrogens is 1. The van der Waals surface area contributed by atoms with Crippen molar-refractivity contribution in [2.45, 2.75) is 0 Å². The number of nitrogens with one attached hydrogen (secondary N) is 1. The lowest BCUT2D eigenvalue weighted by Gasteiger charge is -2.11. The zero-order chi connectivity index (χ0) is 23.5. The lowest BCUT2D eigenvalue weighted by Crippen LogP contribution is -2.99. The summed E-state index contributed by atoms with van der Waals surface area (Å²) in [6, 6.07) is 15.0. The lowest BCUT2D eigenvalue weighted by molar-refractivity contribution is -0.991. The number of Topliss-reactive ketones (excluding diaryl/α,β-unsaturated/α-hetero) is 1. The fraction of sp³-hybridized carbons (Fsp3) is 0.0833. The van der Waals surface area contributed by atoms with Gasteiger partial charge in [0, 0.05) is 23.8 Å². The van der Waals surface area contributed by atoms with E-state index >= 15 is 0 Å². The summed E-state index contributed by atoms with van der Waals surface area (Å²) in [6.07, 6.45) is 1.55. The summed E-state index contributed by atoms with van der Waals surface area (Å²) in [5.74, 6) is 0.651. The number of esters is 1. The average molecular weight is 449 g/mol. The van der Waals surface area contributed by atoms with E-state index in [0.717, 1.165) is 0 Å². The molecule has 2 N–H and O–H groups in total. The molecule has 0 saturated heterocycles. The number of fused-ring (bicyclic) bond motifs is 1. The van der Waals surface area contributed by atoms with Gasteiger partial charge in [-0.2, -0.15) is 5.23 Å². The summed E-state index contributed by atoms with van der Waals surface area (Å²) >= 11 is 0. The maximum atomic E-state index is 12.8. The van der Waals surface area contributed by atoms with Gasteiger partial charge in [0.2, 0.25) is 5.78 Å². The molecule has 1 heterocycles. The van der Waals surface area contributed by atoms with Gasteiger partial charge in [0.1, 0.15) is 23.0 Å². The molecular weight excluding hydrogens is 430 g/mol. The first-order valence-corrected chi connectivity index (χ1v) is 9.75. The minimum atomic E-state index is -1.09. The van der Waals surface area contributed by atoms with Crippen LogP contribution in [0.5, 0.6) is 23.0 Å². The molecule has 3 aromatic carbocycles. The van der Waals surface area contributed by atoms with Crippen molar-refractivity contribution >= 4 is 23.5 Å². The van der Waals surface area contributed by atoms with E-state index in [9.17, 15) is 14.8 Å². The van der Waals surface area contributed by atoms with Gasteiger partial charge in [0.25, 0.3) is 0 Å². The SMILES string of the molecule is COc1ccc(OC)c(C=C2Oc3cc(OC(=O)c4ccc([NH+]([O-])O)cc4)ccc3C2=O)c1. The number of hydrogen-bond donors (Lipinski definition) is 2. The Hall–Kier alpha value is -4.18. The van der Waals surface area contributed by atoms with E-state index in [2.05, 4.69) is 0 Å². The number of allylic oxidation sites excluding steroid dienone is 1. The number of methoxy groups -OCH3 is 2. The van der Waals surface area contributed by atoms with Crippen LogP contribution in [-0.4, -0.2) is 31.2 Å². The maximum Gasteiger partial charge on any atom is 0.343 e. The molecule has 1 unspecified atom stereocenters. The van der Waals surface area contributed by atoms with Crippen LogP contribution in [-0.2, 0) is 0 Å². The molecule has 4 rings (SSSR count). The number of carbonyl (C=O) groups is 2. The number of benzene rings is 3. The first-order valence-electron chi connectivity index (χ1n) is 9.75. The second kappa shape index (κ2) is 9.13. The van der Waals surface area contributed by atoms with E-state index in [4.69, 9.17) is 24.2 Å². The Morgan fingerprint density at radius 1 is 1.00 bits per heavy atom. The van der Waals surface area contributed by atoms with Gasteiger partial charge in [-0.1, -0.05) is 0 Å². The third-order valence-electron chi connectivity index (χ3n) is 4.94. The van der Waals surface area contributed by atoms with Crippen molar-refractivity contribution in [3.8, 4) is 23.0 Å². The van der Waals surface area contributed by atoms with E-state index in [0.29, 0.717) is 22.6 Å². The second-order valence-corrected chi connectivity index (χ2v) is 6.98. The highest BCUT2D eigenvalue weighted by molar-refractivity contribution is 6.14. The van der Waals surface area contributed by atoms with Crippen LogP contribution in [0.3, 0.4) is 0 Å². The molecule has 0 spiro atoms. The monoisotopic (exact) mass is 449 g/mol. The molecule has 3 aromatic rings. The Bertz CT molecular complexity index is 1250. The summed E-state index contributed by atoms with van der Waals surface area (Å²) < 4.78 is 21.6. The fourth-order valence-corrected chi connectivity index (χ4v) is 3.24. The third-order valence-corrected chi connectivity index (χ3v) is 4.94. The van der Waals surface area contributed by atoms with Gasteiger partial charge in [-0.05, 0) is 48.5 Å². The van der Waals surface area contributed by atoms with Gasteiger partial charge >= 0.3 is 5.97 Å². The lowest BCUT2D eigenvalue weighted by atomic mass is 10.1. The quantitative estimate of drug-likeness (QED) is 0.255. The fourth-order valence-electron chi connectivity index (χ4n) is 3.24. The predicted octanol–water partition coefficient (Wildman–Crippen LogP) is 2.94. The van der Waals surface area contributed by atoms with E-state index in [-0.39, 0.29) is 34.3 Å². The molecular formula is C24H19NO8. The molecule has 0 radical (unpaired) electrons. The molecule has 9 heteroatoms. The van der Waals surface area contributed by atoms with Crippen LogP contribution in [0.2, 0.25) is 0 Å². The molecule has 0 aromatic heterocycles. The Kier molecular flexibility index (Phi) is 6.09. The highest BCUT2D eigenvalue weighted by atomic mass is 16.8. The van der Waals surface area contributed by atoms with Crippen molar-refractivity contribution in [1.29, 1.82) is 0 Å². The zero-order valence-electron chi connectivity index (χ0n) is 17.7. The van der Waals surface area contributed by atoms with E-state index < -0.39 is 11.2 Å². The molecule has 9 nitrogen and oxygen atoms in total. The van der Waals surface area contributed by atoms with Gasteiger partial charge in [0.15, 0.2) is 11.4 Å². The number of rotatable bonds is 6. The van der Waals surface area contributed by atoms with E-state index in [1.54, 1.807) is 24.3 Å². The topological polar surface area (TPSA) is 119 Å². The van der Waals surface area contributed by atoms with Gasteiger partial charge in [-0.3, -0.25) is 4.79 Å².